The molecule has 0 aliphatic rings. The monoisotopic (exact) mass is 178 g/mol. The van der Waals surface area contributed by atoms with Crippen LogP contribution < -0.4 is 5.73 Å². The number of aliphatic hydroxyl groups excluding tert-OH is 1. The Morgan fingerprint density at radius 3 is 2.82 bits per heavy atom. The zero-order valence-electron chi connectivity index (χ0n) is 6.76. The maximum absolute atomic E-state index is 9.00. The molecule has 3 N–H and O–H groups in total. The van der Waals surface area contributed by atoms with E-state index >= 15 is 0 Å². The maximum atomic E-state index is 9.00. The van der Waals surface area contributed by atoms with E-state index < -0.39 is 6.10 Å². The predicted octanol–water partition coefficient (Wildman–Crippen LogP) is 0.743. The summed E-state index contributed by atoms with van der Waals surface area (Å²) >= 11 is 5.37. The van der Waals surface area contributed by atoms with Crippen molar-refractivity contribution in [1.29, 1.82) is 0 Å². The Bertz CT molecular complexity index is 128. The third-order valence-corrected chi connectivity index (χ3v) is 1.67. The van der Waals surface area contributed by atoms with Gasteiger partial charge in [0.15, 0.2) is 0 Å². The van der Waals surface area contributed by atoms with Crippen molar-refractivity contribution < 1.29 is 5.11 Å². The van der Waals surface area contributed by atoms with Crippen LogP contribution in [0.15, 0.2) is 4.99 Å². The summed E-state index contributed by atoms with van der Waals surface area (Å²) in [4.78, 5) is 4.01. The first-order valence-electron chi connectivity index (χ1n) is 3.73. The molecule has 0 bridgehead atoms. The van der Waals surface area contributed by atoms with Crippen LogP contribution in [0.2, 0.25) is 0 Å². The molecule has 0 aromatic rings. The Morgan fingerprint density at radius 1 is 1.73 bits per heavy atom. The van der Waals surface area contributed by atoms with Crippen LogP contribution in [-0.4, -0.2) is 29.5 Å². The van der Waals surface area contributed by atoms with Gasteiger partial charge in [-0.25, -0.2) is 0 Å². The largest absolute Gasteiger partial charge is 0.392 e. The molecule has 0 fully saturated rings. The fraction of sp³-hybridized carbons (Fsp3) is 0.857. The standard InChI is InChI=1S/C7H15ClN2O/c1-2-7(9)10-4-3-6(11)5-8/h6,11H,2-5H2,1H3,(H2,9,10)/t6-/m0/s1. The van der Waals surface area contributed by atoms with E-state index in [2.05, 4.69) is 4.99 Å². The van der Waals surface area contributed by atoms with Gasteiger partial charge in [-0.3, -0.25) is 4.99 Å². The van der Waals surface area contributed by atoms with Crippen LogP contribution in [0.1, 0.15) is 19.8 Å². The molecule has 0 amide bonds. The van der Waals surface area contributed by atoms with Crippen LogP contribution in [0.4, 0.5) is 0 Å². The van der Waals surface area contributed by atoms with Gasteiger partial charge >= 0.3 is 0 Å². The predicted molar refractivity (Wildman–Crippen MR) is 48.1 cm³/mol. The Balaban J connectivity index is 3.39. The van der Waals surface area contributed by atoms with E-state index in [0.717, 1.165) is 6.42 Å². The number of nitrogens with two attached hydrogens (primary N) is 1. The SMILES string of the molecule is CC/C(N)=N\CC[C@H](O)CCl. The molecular weight excluding hydrogens is 164 g/mol. The Labute approximate surface area is 72.3 Å². The first kappa shape index (κ1) is 10.7. The molecular formula is C7H15ClN2O. The molecule has 11 heavy (non-hydrogen) atoms. The van der Waals surface area contributed by atoms with E-state index in [1.807, 2.05) is 6.92 Å². The van der Waals surface area contributed by atoms with E-state index in [4.69, 9.17) is 22.4 Å². The molecule has 0 heterocycles. The topological polar surface area (TPSA) is 58.6 Å². The number of aliphatic imine (C=N–C) groups is 1. The Hall–Kier alpha value is -0.280. The second-order valence-electron chi connectivity index (χ2n) is 2.32. The fourth-order valence-electron chi connectivity index (χ4n) is 0.546. The smallest absolute Gasteiger partial charge is 0.0934 e. The van der Waals surface area contributed by atoms with E-state index in [1.165, 1.54) is 0 Å². The molecule has 0 saturated heterocycles. The molecule has 0 unspecified atom stereocenters. The van der Waals surface area contributed by atoms with Gasteiger partial charge in [0.25, 0.3) is 0 Å². The molecule has 0 aliphatic heterocycles. The number of hydrogen-bond donors (Lipinski definition) is 2. The summed E-state index contributed by atoms with van der Waals surface area (Å²) in [5, 5.41) is 9.00. The molecule has 4 heteroatoms. The van der Waals surface area contributed by atoms with Crippen LogP contribution in [-0.2, 0) is 0 Å². The van der Waals surface area contributed by atoms with Crippen LogP contribution in [0, 0.1) is 0 Å². The third-order valence-electron chi connectivity index (χ3n) is 1.32. The Morgan fingerprint density at radius 2 is 2.36 bits per heavy atom. The zero-order chi connectivity index (χ0) is 8.69. The van der Waals surface area contributed by atoms with Crippen molar-refractivity contribution >= 4 is 17.4 Å². The van der Waals surface area contributed by atoms with Gasteiger partial charge in [-0.15, -0.1) is 11.6 Å². The van der Waals surface area contributed by atoms with Gasteiger partial charge in [0, 0.05) is 18.8 Å². The Kier molecular flexibility index (Phi) is 6.27. The normalized spacial score (nSPS) is 15.0. The van der Waals surface area contributed by atoms with Crippen molar-refractivity contribution in [3.63, 3.8) is 0 Å². The van der Waals surface area contributed by atoms with Crippen molar-refractivity contribution in [2.45, 2.75) is 25.9 Å². The first-order valence-corrected chi connectivity index (χ1v) is 4.27. The minimum atomic E-state index is -0.454. The molecule has 0 spiro atoms. The summed E-state index contributed by atoms with van der Waals surface area (Å²) in [6.45, 7) is 2.50. The number of amidine groups is 1. The van der Waals surface area contributed by atoms with Gasteiger partial charge in [0.2, 0.25) is 0 Å². The quantitative estimate of drug-likeness (QED) is 0.371. The molecule has 3 nitrogen and oxygen atoms in total. The minimum absolute atomic E-state index is 0.265. The molecule has 1 atom stereocenters. The summed E-state index contributed by atoms with van der Waals surface area (Å²) in [5.41, 5.74) is 5.44. The molecule has 0 aliphatic carbocycles. The number of aliphatic hydroxyl groups is 1. The number of rotatable bonds is 5. The van der Waals surface area contributed by atoms with E-state index in [-0.39, 0.29) is 5.88 Å². The fourth-order valence-corrected chi connectivity index (χ4v) is 0.700. The lowest BCUT2D eigenvalue weighted by molar-refractivity contribution is 0.191. The zero-order valence-corrected chi connectivity index (χ0v) is 7.51. The van der Waals surface area contributed by atoms with Gasteiger partial charge in [-0.05, 0) is 6.42 Å². The molecule has 0 radical (unpaired) electrons. The number of alkyl halides is 1. The third kappa shape index (κ3) is 6.13. The molecule has 66 valence electrons. The minimum Gasteiger partial charge on any atom is -0.392 e. The number of halogens is 1. The van der Waals surface area contributed by atoms with Crippen molar-refractivity contribution in [1.82, 2.24) is 0 Å². The van der Waals surface area contributed by atoms with Crippen molar-refractivity contribution in [3.8, 4) is 0 Å². The summed E-state index contributed by atoms with van der Waals surface area (Å²) in [5.74, 6) is 0.897. The second-order valence-corrected chi connectivity index (χ2v) is 2.63. The van der Waals surface area contributed by atoms with Gasteiger partial charge < -0.3 is 10.8 Å². The lowest BCUT2D eigenvalue weighted by Gasteiger charge is -2.02. The summed E-state index contributed by atoms with van der Waals surface area (Å²) in [6.07, 6.45) is 0.895. The van der Waals surface area contributed by atoms with Crippen molar-refractivity contribution in [2.24, 2.45) is 10.7 Å². The highest BCUT2D eigenvalue weighted by molar-refractivity contribution is 6.18. The van der Waals surface area contributed by atoms with Gasteiger partial charge in [0.05, 0.1) is 11.9 Å². The van der Waals surface area contributed by atoms with E-state index in [1.54, 1.807) is 0 Å². The van der Waals surface area contributed by atoms with Crippen LogP contribution >= 0.6 is 11.6 Å². The molecule has 0 aromatic carbocycles. The average Bonchev–Trinajstić information content (AvgIpc) is 2.04. The van der Waals surface area contributed by atoms with E-state index in [9.17, 15) is 0 Å². The highest BCUT2D eigenvalue weighted by atomic mass is 35.5. The van der Waals surface area contributed by atoms with Crippen LogP contribution in [0.3, 0.4) is 0 Å². The number of hydrogen-bond acceptors (Lipinski definition) is 2. The maximum Gasteiger partial charge on any atom is 0.0934 e. The van der Waals surface area contributed by atoms with Crippen LogP contribution in [0.5, 0.6) is 0 Å². The van der Waals surface area contributed by atoms with Gasteiger partial charge in [-0.2, -0.15) is 0 Å². The van der Waals surface area contributed by atoms with E-state index in [0.29, 0.717) is 18.8 Å². The molecule has 0 saturated carbocycles. The highest BCUT2D eigenvalue weighted by Gasteiger charge is 1.99. The van der Waals surface area contributed by atoms with Gasteiger partial charge in [0.1, 0.15) is 0 Å². The van der Waals surface area contributed by atoms with Crippen LogP contribution in [0.25, 0.3) is 0 Å². The molecule has 0 rings (SSSR count). The summed E-state index contributed by atoms with van der Waals surface area (Å²) in [6, 6.07) is 0. The summed E-state index contributed by atoms with van der Waals surface area (Å²) in [7, 11) is 0. The lowest BCUT2D eigenvalue weighted by Crippen LogP contribution is -2.13. The van der Waals surface area contributed by atoms with Gasteiger partial charge in [-0.1, -0.05) is 6.92 Å². The molecule has 0 aromatic heterocycles. The number of nitrogens with zero attached hydrogens (tertiary/aromatic N) is 1. The van der Waals surface area contributed by atoms with Crippen molar-refractivity contribution in [2.75, 3.05) is 12.4 Å². The second kappa shape index (κ2) is 6.43. The highest BCUT2D eigenvalue weighted by Crippen LogP contribution is 1.94. The summed E-state index contributed by atoms with van der Waals surface area (Å²) < 4.78 is 0. The van der Waals surface area contributed by atoms with Crippen molar-refractivity contribution in [3.05, 3.63) is 0 Å². The average molecular weight is 179 g/mol. The lowest BCUT2D eigenvalue weighted by atomic mass is 10.3. The first-order chi connectivity index (χ1) is 5.20.